The van der Waals surface area contributed by atoms with E-state index in [0.717, 1.165) is 0 Å². The van der Waals surface area contributed by atoms with Crippen molar-refractivity contribution in [3.63, 3.8) is 0 Å². The van der Waals surface area contributed by atoms with Gasteiger partial charge in [0.1, 0.15) is 30.5 Å². The van der Waals surface area contributed by atoms with Crippen molar-refractivity contribution in [2.45, 2.75) is 116 Å². The van der Waals surface area contributed by atoms with E-state index in [-0.39, 0.29) is 34.2 Å². The summed E-state index contributed by atoms with van der Waals surface area (Å²) in [6.07, 6.45) is -7.64. The highest BCUT2D eigenvalue weighted by molar-refractivity contribution is 7.47. The molecule has 4 aromatic heterocycles. The van der Waals surface area contributed by atoms with Crippen LogP contribution in [-0.4, -0.2) is 119 Å². The fourth-order valence-corrected chi connectivity index (χ4v) is 9.91. The summed E-state index contributed by atoms with van der Waals surface area (Å²) < 4.78 is 72.1. The van der Waals surface area contributed by atoms with Crippen molar-refractivity contribution in [1.29, 1.82) is 0 Å². The first kappa shape index (κ1) is 46.9. The Balaban J connectivity index is 1.22. The van der Waals surface area contributed by atoms with Gasteiger partial charge in [-0.25, -0.2) is 19.1 Å². The molecule has 0 aliphatic carbocycles. The van der Waals surface area contributed by atoms with Crippen LogP contribution in [0.2, 0.25) is 18.1 Å². The third-order valence-electron chi connectivity index (χ3n) is 11.2. The number of aromatic nitrogens is 8. The van der Waals surface area contributed by atoms with E-state index in [1.165, 1.54) is 21.8 Å². The Hall–Kier alpha value is -4.08. The van der Waals surface area contributed by atoms with Crippen LogP contribution in [0.5, 0.6) is 0 Å². The third-order valence-corrected chi connectivity index (χ3v) is 17.6. The molecule has 0 saturated carbocycles. The van der Waals surface area contributed by atoms with Crippen LogP contribution in [0, 0.1) is 11.8 Å². The smallest absolute Gasteiger partial charge is 0.407 e. The SMILES string of the molecule is CC(C)C(=O)Nc1nc2c(ncn2[C@@H]2O[C@@H]3COP(=O)(O)OC4C(O[Si](C)(C)C(C)(C)C)[C@H](n5cnc6c(=O)[nH]c(NC(=O)C(C)C)nc65)O[C@@H]4COP(=O)(O)OC3C2N)c(=O)[nH]1. The van der Waals surface area contributed by atoms with E-state index >= 15 is 0 Å². The van der Waals surface area contributed by atoms with Crippen LogP contribution in [-0.2, 0) is 50.7 Å². The summed E-state index contributed by atoms with van der Waals surface area (Å²) in [4.78, 5) is 95.5. The van der Waals surface area contributed by atoms with E-state index in [1.807, 2.05) is 33.9 Å². The average Bonchev–Trinajstić information content (AvgIpc) is 3.93. The third kappa shape index (κ3) is 9.52. The van der Waals surface area contributed by atoms with Gasteiger partial charge in [0.05, 0.1) is 31.9 Å². The lowest BCUT2D eigenvalue weighted by atomic mass is 10.1. The highest BCUT2D eigenvalue weighted by atomic mass is 31.2. The zero-order valence-corrected chi connectivity index (χ0v) is 38.5. The molecule has 7 rings (SSSR count). The van der Waals surface area contributed by atoms with E-state index in [1.54, 1.807) is 27.7 Å². The van der Waals surface area contributed by atoms with Crippen molar-refractivity contribution in [3.8, 4) is 0 Å². The number of H-pyrrole nitrogens is 2. The molecule has 3 saturated heterocycles. The Morgan fingerprint density at radius 3 is 1.71 bits per heavy atom. The minimum Gasteiger partial charge on any atom is -0.407 e. The summed E-state index contributed by atoms with van der Waals surface area (Å²) in [7, 11) is -13.2. The molecule has 0 spiro atoms. The zero-order valence-electron chi connectivity index (χ0n) is 35.7. The molecular weight excluding hydrogens is 892 g/mol. The maximum absolute atomic E-state index is 14.0. The molecule has 6 unspecified atom stereocenters. The van der Waals surface area contributed by atoms with E-state index in [4.69, 9.17) is 37.7 Å². The number of phosphoric acid groups is 2. The lowest BCUT2D eigenvalue weighted by molar-refractivity contribution is -0.119. The van der Waals surface area contributed by atoms with Gasteiger partial charge in [0, 0.05) is 11.8 Å². The average molecular weight is 944 g/mol. The van der Waals surface area contributed by atoms with Crippen LogP contribution in [0.4, 0.5) is 11.9 Å². The number of nitrogens with zero attached hydrogens (tertiary/aromatic N) is 6. The summed E-state index contributed by atoms with van der Waals surface area (Å²) in [5, 5.41) is 4.59. The normalized spacial score (nSPS) is 30.9. The van der Waals surface area contributed by atoms with Gasteiger partial charge >= 0.3 is 15.6 Å². The predicted octanol–water partition coefficient (Wildman–Crippen LogP) is 1.97. The lowest BCUT2D eigenvalue weighted by Crippen LogP contribution is -2.49. The van der Waals surface area contributed by atoms with Gasteiger partial charge in [-0.05, 0) is 18.1 Å². The van der Waals surface area contributed by atoms with E-state index in [2.05, 4.69) is 40.5 Å². The maximum Gasteiger partial charge on any atom is 0.472 e. The number of hydrogen-bond donors (Lipinski definition) is 7. The Morgan fingerprint density at radius 2 is 1.25 bits per heavy atom. The van der Waals surface area contributed by atoms with Gasteiger partial charge in [-0.1, -0.05) is 48.5 Å². The summed E-state index contributed by atoms with van der Waals surface area (Å²) >= 11 is 0. The Morgan fingerprint density at radius 1 is 0.825 bits per heavy atom. The number of ether oxygens (including phenoxy) is 2. The summed E-state index contributed by atoms with van der Waals surface area (Å²) in [6, 6.07) is -1.36. The summed E-state index contributed by atoms with van der Waals surface area (Å²) in [5.41, 5.74) is 4.69. The van der Waals surface area contributed by atoms with Crippen LogP contribution >= 0.6 is 15.6 Å². The first-order valence-electron chi connectivity index (χ1n) is 19.9. The molecule has 346 valence electrons. The highest BCUT2D eigenvalue weighted by Crippen LogP contribution is 2.54. The molecule has 3 fully saturated rings. The molecule has 4 aromatic rings. The van der Waals surface area contributed by atoms with Crippen LogP contribution in [0.3, 0.4) is 0 Å². The number of phosphoric ester groups is 2. The van der Waals surface area contributed by atoms with Gasteiger partial charge in [-0.3, -0.25) is 67.0 Å². The second-order valence-electron chi connectivity index (χ2n) is 17.5. The number of anilines is 2. The van der Waals surface area contributed by atoms with Gasteiger partial charge in [0.15, 0.2) is 43.1 Å². The number of aromatic amines is 2. The first-order valence-corrected chi connectivity index (χ1v) is 25.8. The summed E-state index contributed by atoms with van der Waals surface area (Å²) in [5.74, 6) is -2.18. The van der Waals surface area contributed by atoms with Crippen molar-refractivity contribution in [2.24, 2.45) is 17.6 Å². The van der Waals surface area contributed by atoms with E-state index in [9.17, 15) is 38.1 Å². The van der Waals surface area contributed by atoms with Crippen molar-refractivity contribution in [2.75, 3.05) is 23.8 Å². The van der Waals surface area contributed by atoms with Crippen LogP contribution in [0.15, 0.2) is 22.2 Å². The molecule has 3 aliphatic heterocycles. The molecule has 0 radical (unpaired) electrons. The van der Waals surface area contributed by atoms with Crippen LogP contribution < -0.4 is 27.5 Å². The van der Waals surface area contributed by atoms with Crippen molar-refractivity contribution >= 4 is 70.0 Å². The molecule has 26 nitrogen and oxygen atoms in total. The fourth-order valence-electron chi connectivity index (χ4n) is 6.69. The standard InChI is InChI=1S/C34H51N11O15P2Si/c1-14(2)26(46)40-32-38-24-19(28(48)42-32)36-12-44(24)30-18(35)21-16(56-30)10-54-62(52,53)59-22-17(11-55-61(50,51)58-21)57-31(23(22)60-63(8,9)34(5,6)7)45-13-37-20-25(45)39-33(43-29(20)49)41-27(47)15(3)4/h12-18,21-23,30-31H,10-11,35H2,1-9H3,(H,50,51)(H,52,53)(H2,38,40,42,46,48)(H2,39,41,43,47,49)/t16-,17-,18?,21?,22?,23?,30-,31-/m1/s1. The van der Waals surface area contributed by atoms with E-state index < -0.39 is 126 Å². The molecule has 10 atom stereocenters. The quantitative estimate of drug-likeness (QED) is 0.0980. The lowest BCUT2D eigenvalue weighted by Gasteiger charge is -2.40. The maximum atomic E-state index is 14.0. The number of carbonyl (C=O) groups excluding carboxylic acids is 2. The molecular formula is C34H51N11O15P2Si. The number of imidazole rings is 2. The molecule has 8 N–H and O–H groups in total. The second-order valence-corrected chi connectivity index (χ2v) is 25.1. The Bertz CT molecular complexity index is 2630. The molecule has 7 heterocycles. The molecule has 3 aliphatic rings. The Kier molecular flexibility index (Phi) is 12.7. The van der Waals surface area contributed by atoms with Gasteiger partial charge in [-0.15, -0.1) is 0 Å². The van der Waals surface area contributed by atoms with Crippen LogP contribution in [0.1, 0.15) is 60.9 Å². The molecule has 0 bridgehead atoms. The van der Waals surface area contributed by atoms with E-state index in [0.29, 0.717) is 0 Å². The minimum atomic E-state index is -5.17. The molecule has 2 amide bonds. The second kappa shape index (κ2) is 17.0. The number of fused-ring (bicyclic) bond motifs is 4. The topological polar surface area (TPSA) is 351 Å². The van der Waals surface area contributed by atoms with Gasteiger partial charge < -0.3 is 29.4 Å². The number of nitrogens with two attached hydrogens (primary N) is 1. The Labute approximate surface area is 359 Å². The number of rotatable bonds is 8. The number of hydrogen-bond acceptors (Lipinski definition) is 18. The molecule has 63 heavy (non-hydrogen) atoms. The predicted molar refractivity (Wildman–Crippen MR) is 222 cm³/mol. The number of nitrogens with one attached hydrogen (secondary N) is 4. The molecule has 0 aromatic carbocycles. The number of carbonyl (C=O) groups is 2. The summed E-state index contributed by atoms with van der Waals surface area (Å²) in [6.45, 7) is 14.6. The van der Waals surface area contributed by atoms with Crippen molar-refractivity contribution in [3.05, 3.63) is 33.4 Å². The largest absolute Gasteiger partial charge is 0.472 e. The van der Waals surface area contributed by atoms with Crippen molar-refractivity contribution < 1.29 is 60.5 Å². The first-order chi connectivity index (χ1) is 29.3. The number of amides is 2. The van der Waals surface area contributed by atoms with Gasteiger partial charge in [0.2, 0.25) is 23.7 Å². The van der Waals surface area contributed by atoms with Crippen molar-refractivity contribution in [1.82, 2.24) is 39.0 Å². The van der Waals surface area contributed by atoms with Gasteiger partial charge in [-0.2, -0.15) is 9.97 Å². The zero-order chi connectivity index (χ0) is 46.1. The minimum absolute atomic E-state index is 0.0695. The monoisotopic (exact) mass is 943 g/mol. The van der Waals surface area contributed by atoms with Gasteiger partial charge in [0.25, 0.3) is 11.1 Å². The van der Waals surface area contributed by atoms with Crippen LogP contribution in [0.25, 0.3) is 22.3 Å². The molecule has 29 heteroatoms. The highest BCUT2D eigenvalue weighted by Gasteiger charge is 2.56. The fraction of sp³-hybridized carbons (Fsp3) is 0.647.